The third kappa shape index (κ3) is 12.5. The van der Waals surface area contributed by atoms with E-state index in [9.17, 15) is 9.59 Å². The maximum Gasteiger partial charge on any atom is 0.335 e. The van der Waals surface area contributed by atoms with Crippen LogP contribution in [-0.2, 0) is 6.61 Å². The van der Waals surface area contributed by atoms with Crippen molar-refractivity contribution in [2.75, 3.05) is 0 Å². The van der Waals surface area contributed by atoms with E-state index in [1.807, 2.05) is 66.7 Å². The number of aryl methyl sites for hydroxylation is 1. The standard InChI is InChI=1S/C7H6O2.C7H8O.C7H6O.C7H8/c8-7(9)6-4-2-1-3-5-6;2*8-6-7-4-2-1-3-5-7;1-7-5-3-2-4-6-7/h1-5H,(H,8,9);1-5,8H,6H2;1-6H;2-6H,1H3. The highest BCUT2D eigenvalue weighted by molar-refractivity contribution is 5.87. The van der Waals surface area contributed by atoms with Crippen LogP contribution in [0.3, 0.4) is 0 Å². The SMILES string of the molecule is Cc1ccccc1.O=C(O)c1ccccc1.O=Cc1ccccc1.OCc1ccccc1. The number of aliphatic hydroxyl groups excluding tert-OH is 1. The molecule has 32 heavy (non-hydrogen) atoms. The Morgan fingerprint density at radius 1 is 0.688 bits per heavy atom. The number of aliphatic hydroxyl groups is 1. The molecule has 0 atom stereocenters. The minimum Gasteiger partial charge on any atom is -0.478 e. The number of carboxylic acids is 1. The van der Waals surface area contributed by atoms with Crippen LogP contribution in [0.2, 0.25) is 0 Å². The smallest absolute Gasteiger partial charge is 0.335 e. The van der Waals surface area contributed by atoms with Crippen LogP contribution in [-0.4, -0.2) is 22.5 Å². The third-order valence-electron chi connectivity index (χ3n) is 3.92. The molecule has 0 aliphatic heterocycles. The van der Waals surface area contributed by atoms with Crippen LogP contribution in [0.25, 0.3) is 0 Å². The van der Waals surface area contributed by atoms with Gasteiger partial charge in [0.25, 0.3) is 0 Å². The third-order valence-corrected chi connectivity index (χ3v) is 3.92. The lowest BCUT2D eigenvalue weighted by molar-refractivity contribution is 0.0696. The highest BCUT2D eigenvalue weighted by Gasteiger charge is 1.96. The Balaban J connectivity index is 0.000000214. The second-order valence-corrected chi connectivity index (χ2v) is 6.50. The summed E-state index contributed by atoms with van der Waals surface area (Å²) in [6.45, 7) is 2.22. The van der Waals surface area contributed by atoms with Crippen molar-refractivity contribution in [3.63, 3.8) is 0 Å². The van der Waals surface area contributed by atoms with Crippen molar-refractivity contribution in [1.29, 1.82) is 0 Å². The molecule has 4 nitrogen and oxygen atoms in total. The van der Waals surface area contributed by atoms with Gasteiger partial charge in [0.2, 0.25) is 0 Å². The number of carbonyl (C=O) groups is 2. The molecule has 0 unspecified atom stereocenters. The largest absolute Gasteiger partial charge is 0.478 e. The van der Waals surface area contributed by atoms with Crippen LogP contribution < -0.4 is 0 Å². The Morgan fingerprint density at radius 3 is 1.34 bits per heavy atom. The predicted molar refractivity (Wildman–Crippen MR) is 129 cm³/mol. The average molecular weight is 429 g/mol. The normalized spacial score (nSPS) is 8.81. The molecule has 0 aliphatic rings. The lowest BCUT2D eigenvalue weighted by Crippen LogP contribution is -1.93. The monoisotopic (exact) mass is 428 g/mol. The van der Waals surface area contributed by atoms with E-state index in [0.717, 1.165) is 17.4 Å². The van der Waals surface area contributed by atoms with E-state index in [2.05, 4.69) is 19.1 Å². The molecule has 0 heterocycles. The predicted octanol–water partition coefficient (Wildman–Crippen LogP) is 6.06. The topological polar surface area (TPSA) is 74.6 Å². The molecule has 0 spiro atoms. The molecule has 0 aliphatic carbocycles. The fourth-order valence-electron chi connectivity index (χ4n) is 2.23. The van der Waals surface area contributed by atoms with Gasteiger partial charge in [0.15, 0.2) is 0 Å². The van der Waals surface area contributed by atoms with Crippen LogP contribution >= 0.6 is 0 Å². The van der Waals surface area contributed by atoms with E-state index in [-0.39, 0.29) is 6.61 Å². The van der Waals surface area contributed by atoms with Gasteiger partial charge < -0.3 is 10.2 Å². The van der Waals surface area contributed by atoms with E-state index in [4.69, 9.17) is 10.2 Å². The minimum absolute atomic E-state index is 0.140. The van der Waals surface area contributed by atoms with Crippen LogP contribution in [0.5, 0.6) is 0 Å². The summed E-state index contributed by atoms with van der Waals surface area (Å²) in [6.07, 6.45) is 0.833. The molecule has 2 N–H and O–H groups in total. The summed E-state index contributed by atoms with van der Waals surface area (Å²) in [6, 6.07) is 37.2. The van der Waals surface area contributed by atoms with Crippen molar-refractivity contribution in [1.82, 2.24) is 0 Å². The fourth-order valence-corrected chi connectivity index (χ4v) is 2.23. The molecule has 4 aromatic rings. The molecular formula is C28H28O4. The zero-order valence-corrected chi connectivity index (χ0v) is 18.0. The van der Waals surface area contributed by atoms with Gasteiger partial charge in [-0.25, -0.2) is 4.79 Å². The summed E-state index contributed by atoms with van der Waals surface area (Å²) in [7, 11) is 0. The van der Waals surface area contributed by atoms with Crippen molar-refractivity contribution >= 4 is 12.3 Å². The second-order valence-electron chi connectivity index (χ2n) is 6.50. The van der Waals surface area contributed by atoms with Crippen LogP contribution in [0.4, 0.5) is 0 Å². The molecule has 164 valence electrons. The molecule has 0 saturated heterocycles. The van der Waals surface area contributed by atoms with Crippen LogP contribution in [0.1, 0.15) is 31.8 Å². The molecular weight excluding hydrogens is 400 g/mol. The number of carbonyl (C=O) groups excluding carboxylic acids is 1. The van der Waals surface area contributed by atoms with Gasteiger partial charge in [-0.1, -0.05) is 115 Å². The summed E-state index contributed by atoms with van der Waals surface area (Å²) in [5, 5.41) is 16.9. The van der Waals surface area contributed by atoms with Gasteiger partial charge in [0, 0.05) is 5.56 Å². The number of hydrogen-bond donors (Lipinski definition) is 2. The van der Waals surface area contributed by atoms with Gasteiger partial charge in [-0.05, 0) is 24.6 Å². The van der Waals surface area contributed by atoms with Gasteiger partial charge in [-0.2, -0.15) is 0 Å². The molecule has 0 aromatic heterocycles. The first-order chi connectivity index (χ1) is 15.6. The van der Waals surface area contributed by atoms with Crippen molar-refractivity contribution in [2.45, 2.75) is 13.5 Å². The summed E-state index contributed by atoms with van der Waals surface area (Å²) in [5.41, 5.74) is 3.35. The molecule has 0 radical (unpaired) electrons. The Bertz CT molecular complexity index is 987. The van der Waals surface area contributed by atoms with Gasteiger partial charge >= 0.3 is 5.97 Å². The van der Waals surface area contributed by atoms with Crippen LogP contribution in [0, 0.1) is 6.92 Å². The molecule has 0 fully saturated rings. The highest BCUT2D eigenvalue weighted by Crippen LogP contribution is 1.97. The minimum atomic E-state index is -0.879. The fraction of sp³-hybridized carbons (Fsp3) is 0.0714. The zero-order chi connectivity index (χ0) is 23.4. The number of rotatable bonds is 3. The molecule has 0 saturated carbocycles. The lowest BCUT2D eigenvalue weighted by Gasteiger charge is -1.89. The molecule has 0 bridgehead atoms. The van der Waals surface area contributed by atoms with Crippen molar-refractivity contribution in [3.8, 4) is 0 Å². The molecule has 0 amide bonds. The van der Waals surface area contributed by atoms with E-state index < -0.39 is 5.97 Å². The van der Waals surface area contributed by atoms with Crippen molar-refractivity contribution in [3.05, 3.63) is 144 Å². The first-order valence-electron chi connectivity index (χ1n) is 10.0. The zero-order valence-electron chi connectivity index (χ0n) is 18.0. The van der Waals surface area contributed by atoms with Crippen LogP contribution in [0.15, 0.2) is 121 Å². The second kappa shape index (κ2) is 16.7. The van der Waals surface area contributed by atoms with Gasteiger partial charge in [0.05, 0.1) is 12.2 Å². The maximum absolute atomic E-state index is 10.2. The lowest BCUT2D eigenvalue weighted by atomic mass is 10.2. The van der Waals surface area contributed by atoms with Crippen molar-refractivity contribution in [2.24, 2.45) is 0 Å². The number of benzene rings is 4. The number of carboxylic acid groups (broad SMARTS) is 1. The quantitative estimate of drug-likeness (QED) is 0.389. The first-order valence-corrected chi connectivity index (χ1v) is 10.0. The summed E-state index contributed by atoms with van der Waals surface area (Å²) < 4.78 is 0. The summed E-state index contributed by atoms with van der Waals surface area (Å²) in [4.78, 5) is 20.2. The number of aromatic carboxylic acids is 1. The molecule has 4 heteroatoms. The van der Waals surface area contributed by atoms with E-state index in [1.165, 1.54) is 5.56 Å². The maximum atomic E-state index is 10.2. The average Bonchev–Trinajstić information content (AvgIpc) is 2.87. The van der Waals surface area contributed by atoms with Gasteiger partial charge in [0.1, 0.15) is 6.29 Å². The van der Waals surface area contributed by atoms with Gasteiger partial charge in [-0.3, -0.25) is 4.79 Å². The van der Waals surface area contributed by atoms with Gasteiger partial charge in [-0.15, -0.1) is 0 Å². The van der Waals surface area contributed by atoms with E-state index >= 15 is 0 Å². The Kier molecular flexibility index (Phi) is 13.6. The molecule has 4 aromatic carbocycles. The Morgan fingerprint density at radius 2 is 1.09 bits per heavy atom. The highest BCUT2D eigenvalue weighted by atomic mass is 16.4. The Labute approximate surface area is 189 Å². The number of aldehydes is 1. The molecule has 4 rings (SSSR count). The first kappa shape index (κ1) is 26.0. The summed E-state index contributed by atoms with van der Waals surface area (Å²) >= 11 is 0. The number of hydrogen-bond acceptors (Lipinski definition) is 3. The van der Waals surface area contributed by atoms with E-state index in [0.29, 0.717) is 5.56 Å². The van der Waals surface area contributed by atoms with Crippen molar-refractivity contribution < 1.29 is 19.8 Å². The summed E-state index contributed by atoms with van der Waals surface area (Å²) in [5.74, 6) is -0.879. The Hall–Kier alpha value is -4.02. The van der Waals surface area contributed by atoms with E-state index in [1.54, 1.807) is 42.5 Å².